The summed E-state index contributed by atoms with van der Waals surface area (Å²) in [4.78, 5) is 27.6. The molecule has 26 heavy (non-hydrogen) atoms. The SMILES string of the molecule is Cc1cccc(C)c1N=C1NC(=O)/C(=C\c2ccc(Cl)c([N+](=O)[O-])c2)S1. The number of nitrogens with zero attached hydrogens (tertiary/aromatic N) is 2. The standard InChI is InChI=1S/C18H14ClN3O3S/c1-10-4-3-5-11(2)16(10)20-18-21-17(23)15(26-18)9-12-6-7-13(19)14(8-12)22(24)25/h3-9H,1-2H3,(H,20,21,23)/b15-9+. The molecule has 1 N–H and O–H groups in total. The van der Waals surface area contributed by atoms with Crippen molar-refractivity contribution >= 4 is 51.9 Å². The zero-order valence-corrected chi connectivity index (χ0v) is 15.5. The minimum absolute atomic E-state index is 0.0537. The van der Waals surface area contributed by atoms with Crippen LogP contribution in [0.4, 0.5) is 11.4 Å². The molecule has 0 unspecified atom stereocenters. The average molecular weight is 388 g/mol. The van der Waals surface area contributed by atoms with Crippen LogP contribution in [0, 0.1) is 24.0 Å². The Morgan fingerprint density at radius 1 is 1.23 bits per heavy atom. The predicted molar refractivity (Wildman–Crippen MR) is 105 cm³/mol. The molecule has 2 aromatic carbocycles. The fourth-order valence-electron chi connectivity index (χ4n) is 2.47. The van der Waals surface area contributed by atoms with E-state index in [1.165, 1.54) is 23.9 Å². The van der Waals surface area contributed by atoms with E-state index < -0.39 is 4.92 Å². The summed E-state index contributed by atoms with van der Waals surface area (Å²) in [6, 6.07) is 10.3. The number of aliphatic imine (C=N–C) groups is 1. The van der Waals surface area contributed by atoms with E-state index in [1.807, 2.05) is 32.0 Å². The molecule has 1 heterocycles. The van der Waals surface area contributed by atoms with Crippen LogP contribution in [-0.2, 0) is 4.79 Å². The number of carbonyl (C=O) groups excluding carboxylic acids is 1. The second-order valence-electron chi connectivity index (χ2n) is 5.69. The Morgan fingerprint density at radius 3 is 2.58 bits per heavy atom. The molecular weight excluding hydrogens is 374 g/mol. The summed E-state index contributed by atoms with van der Waals surface area (Å²) in [7, 11) is 0. The number of benzene rings is 2. The maximum Gasteiger partial charge on any atom is 0.288 e. The molecule has 0 aliphatic carbocycles. The second kappa shape index (κ2) is 7.31. The van der Waals surface area contributed by atoms with Crippen molar-refractivity contribution in [1.29, 1.82) is 0 Å². The van der Waals surface area contributed by atoms with E-state index in [9.17, 15) is 14.9 Å². The molecule has 0 saturated carbocycles. The van der Waals surface area contributed by atoms with Gasteiger partial charge in [0.05, 0.1) is 15.5 Å². The molecule has 0 atom stereocenters. The quantitative estimate of drug-likeness (QED) is 0.467. The van der Waals surface area contributed by atoms with Crippen LogP contribution in [0.1, 0.15) is 16.7 Å². The largest absolute Gasteiger partial charge is 0.300 e. The number of nitro groups is 1. The third kappa shape index (κ3) is 3.79. The molecule has 1 saturated heterocycles. The number of halogens is 1. The number of rotatable bonds is 3. The molecule has 0 radical (unpaired) electrons. The van der Waals surface area contributed by atoms with Crippen LogP contribution in [0.3, 0.4) is 0 Å². The van der Waals surface area contributed by atoms with Crippen molar-refractivity contribution in [2.45, 2.75) is 13.8 Å². The highest BCUT2D eigenvalue weighted by Gasteiger charge is 2.24. The van der Waals surface area contributed by atoms with E-state index in [2.05, 4.69) is 10.3 Å². The fourth-order valence-corrected chi connectivity index (χ4v) is 3.49. The number of amidine groups is 1. The lowest BCUT2D eigenvalue weighted by molar-refractivity contribution is -0.384. The van der Waals surface area contributed by atoms with Crippen molar-refractivity contribution in [3.63, 3.8) is 0 Å². The van der Waals surface area contributed by atoms with Gasteiger partial charge in [-0.05, 0) is 54.4 Å². The first-order valence-electron chi connectivity index (χ1n) is 7.65. The van der Waals surface area contributed by atoms with Gasteiger partial charge >= 0.3 is 0 Å². The summed E-state index contributed by atoms with van der Waals surface area (Å²) in [6.07, 6.45) is 1.58. The van der Waals surface area contributed by atoms with E-state index in [0.717, 1.165) is 16.8 Å². The first-order valence-corrected chi connectivity index (χ1v) is 8.84. The smallest absolute Gasteiger partial charge is 0.288 e. The summed E-state index contributed by atoms with van der Waals surface area (Å²) in [6.45, 7) is 3.91. The molecule has 0 aromatic heterocycles. The van der Waals surface area contributed by atoms with Gasteiger partial charge in [-0.2, -0.15) is 0 Å². The number of hydrogen-bond acceptors (Lipinski definition) is 5. The molecular formula is C18H14ClN3O3S. The highest BCUT2D eigenvalue weighted by Crippen LogP contribution is 2.32. The van der Waals surface area contributed by atoms with E-state index in [1.54, 1.807) is 12.1 Å². The average Bonchev–Trinajstić information content (AvgIpc) is 2.92. The third-order valence-electron chi connectivity index (χ3n) is 3.77. The van der Waals surface area contributed by atoms with Gasteiger partial charge in [0.15, 0.2) is 5.17 Å². The van der Waals surface area contributed by atoms with Crippen molar-refractivity contribution in [1.82, 2.24) is 5.32 Å². The zero-order valence-electron chi connectivity index (χ0n) is 13.9. The van der Waals surface area contributed by atoms with Crippen molar-refractivity contribution in [3.05, 3.63) is 73.1 Å². The Kier molecular flexibility index (Phi) is 5.11. The molecule has 8 heteroatoms. The van der Waals surface area contributed by atoms with Crippen LogP contribution in [0.15, 0.2) is 46.3 Å². The lowest BCUT2D eigenvalue weighted by atomic mass is 10.1. The molecule has 0 spiro atoms. The highest BCUT2D eigenvalue weighted by atomic mass is 35.5. The number of hydrogen-bond donors (Lipinski definition) is 1. The Bertz CT molecular complexity index is 965. The van der Waals surface area contributed by atoms with Crippen molar-refractivity contribution < 1.29 is 9.72 Å². The summed E-state index contributed by atoms with van der Waals surface area (Å²) < 4.78 is 0. The minimum Gasteiger partial charge on any atom is -0.300 e. The van der Waals surface area contributed by atoms with Crippen LogP contribution in [0.5, 0.6) is 0 Å². The summed E-state index contributed by atoms with van der Waals surface area (Å²) in [5.41, 5.74) is 3.16. The van der Waals surface area contributed by atoms with Gasteiger partial charge in [-0.3, -0.25) is 14.9 Å². The predicted octanol–water partition coefficient (Wildman–Crippen LogP) is 4.76. The molecule has 1 amide bonds. The normalized spacial score (nSPS) is 17.0. The van der Waals surface area contributed by atoms with Crippen LogP contribution in [0.2, 0.25) is 5.02 Å². The number of thioether (sulfide) groups is 1. The Balaban J connectivity index is 1.91. The molecule has 0 bridgehead atoms. The molecule has 3 rings (SSSR count). The van der Waals surface area contributed by atoms with Crippen molar-refractivity contribution in [3.8, 4) is 0 Å². The molecule has 6 nitrogen and oxygen atoms in total. The van der Waals surface area contributed by atoms with Gasteiger partial charge in [-0.25, -0.2) is 4.99 Å². The van der Waals surface area contributed by atoms with Crippen LogP contribution in [-0.4, -0.2) is 16.0 Å². The van der Waals surface area contributed by atoms with E-state index in [4.69, 9.17) is 11.6 Å². The fraction of sp³-hybridized carbons (Fsp3) is 0.111. The molecule has 132 valence electrons. The molecule has 2 aromatic rings. The number of nitrogens with one attached hydrogen (secondary N) is 1. The van der Waals surface area contributed by atoms with Crippen molar-refractivity contribution in [2.24, 2.45) is 4.99 Å². The molecule has 1 aliphatic rings. The van der Waals surface area contributed by atoms with Gasteiger partial charge in [0.25, 0.3) is 11.6 Å². The van der Waals surface area contributed by atoms with Gasteiger partial charge in [0.2, 0.25) is 0 Å². The Morgan fingerprint density at radius 2 is 1.92 bits per heavy atom. The number of amides is 1. The van der Waals surface area contributed by atoms with Gasteiger partial charge in [-0.15, -0.1) is 0 Å². The number of carbonyl (C=O) groups is 1. The zero-order chi connectivity index (χ0) is 18.8. The van der Waals surface area contributed by atoms with Crippen LogP contribution >= 0.6 is 23.4 Å². The Labute approximate surface area is 159 Å². The maximum atomic E-state index is 12.2. The summed E-state index contributed by atoms with van der Waals surface area (Å²) in [5, 5.41) is 14.2. The second-order valence-corrected chi connectivity index (χ2v) is 7.13. The monoisotopic (exact) mass is 387 g/mol. The summed E-state index contributed by atoms with van der Waals surface area (Å²) in [5.74, 6) is -0.294. The minimum atomic E-state index is -0.556. The lowest BCUT2D eigenvalue weighted by Gasteiger charge is -2.04. The van der Waals surface area contributed by atoms with Crippen LogP contribution in [0.25, 0.3) is 6.08 Å². The lowest BCUT2D eigenvalue weighted by Crippen LogP contribution is -2.19. The topological polar surface area (TPSA) is 84.6 Å². The van der Waals surface area contributed by atoms with Crippen LogP contribution < -0.4 is 5.32 Å². The maximum absolute atomic E-state index is 12.2. The number of para-hydroxylation sites is 1. The van der Waals surface area contributed by atoms with Gasteiger partial charge in [0.1, 0.15) is 5.02 Å². The first kappa shape index (κ1) is 18.2. The van der Waals surface area contributed by atoms with E-state index >= 15 is 0 Å². The first-order chi connectivity index (χ1) is 12.3. The Hall–Kier alpha value is -2.64. The van der Waals surface area contributed by atoms with Gasteiger partial charge in [0, 0.05) is 6.07 Å². The van der Waals surface area contributed by atoms with Gasteiger partial charge < -0.3 is 5.32 Å². The van der Waals surface area contributed by atoms with Crippen molar-refractivity contribution in [2.75, 3.05) is 0 Å². The number of nitro benzene ring substituents is 1. The number of aryl methyl sites for hydroxylation is 2. The van der Waals surface area contributed by atoms with E-state index in [0.29, 0.717) is 15.6 Å². The third-order valence-corrected chi connectivity index (χ3v) is 5.00. The highest BCUT2D eigenvalue weighted by molar-refractivity contribution is 8.18. The molecule has 1 fully saturated rings. The van der Waals surface area contributed by atoms with Gasteiger partial charge in [-0.1, -0.05) is 35.9 Å². The van der Waals surface area contributed by atoms with E-state index in [-0.39, 0.29) is 16.6 Å². The summed E-state index contributed by atoms with van der Waals surface area (Å²) >= 11 is 7.01. The molecule has 1 aliphatic heterocycles.